The van der Waals surface area contributed by atoms with Crippen LogP contribution in [0, 0.1) is 18.8 Å². The highest BCUT2D eigenvalue weighted by atomic mass is 79.9. The zero-order valence-electron chi connectivity index (χ0n) is 18.7. The Morgan fingerprint density at radius 3 is 2.71 bits per heavy atom. The van der Waals surface area contributed by atoms with Gasteiger partial charge in [-0.05, 0) is 72.5 Å². The molecule has 1 fully saturated rings. The van der Waals surface area contributed by atoms with Gasteiger partial charge in [-0.3, -0.25) is 4.79 Å². The minimum absolute atomic E-state index is 0.0611. The zero-order chi connectivity index (χ0) is 23.0. The normalized spacial score (nSPS) is 25.0. The highest BCUT2D eigenvalue weighted by Gasteiger charge is 2.39. The maximum atomic E-state index is 11.6. The van der Waals surface area contributed by atoms with Crippen LogP contribution in [0.15, 0.2) is 34.2 Å². The van der Waals surface area contributed by atoms with Gasteiger partial charge in [-0.15, -0.1) is 11.3 Å². The minimum atomic E-state index is -0.592. The number of aliphatic hydroxyl groups is 3. The van der Waals surface area contributed by atoms with E-state index in [2.05, 4.69) is 35.0 Å². The Labute approximate surface area is 198 Å². The molecule has 7 heteroatoms. The van der Waals surface area contributed by atoms with E-state index >= 15 is 0 Å². The number of aliphatic hydroxyl groups excluding tert-OH is 3. The largest absolute Gasteiger partial charge is 0.393 e. The van der Waals surface area contributed by atoms with Crippen LogP contribution in [0.3, 0.4) is 0 Å². The molecule has 1 saturated carbocycles. The fourth-order valence-corrected chi connectivity index (χ4v) is 5.61. The number of rotatable bonds is 11. The molecule has 1 amide bonds. The Balaban J connectivity index is 1.80. The van der Waals surface area contributed by atoms with Gasteiger partial charge in [-0.2, -0.15) is 0 Å². The quantitative estimate of drug-likeness (QED) is 0.305. The monoisotopic (exact) mass is 513 g/mol. The number of carbonyl (C=O) groups is 1. The first-order chi connectivity index (χ1) is 14.7. The van der Waals surface area contributed by atoms with Gasteiger partial charge in [0.05, 0.1) is 22.1 Å². The zero-order valence-corrected chi connectivity index (χ0v) is 21.1. The number of allylic oxidation sites excluding steroid dienone is 2. The van der Waals surface area contributed by atoms with E-state index in [0.717, 1.165) is 23.0 Å². The predicted octanol–water partition coefficient (Wildman–Crippen LogP) is 4.23. The van der Waals surface area contributed by atoms with E-state index < -0.39 is 18.3 Å². The van der Waals surface area contributed by atoms with Crippen LogP contribution in [0.4, 0.5) is 0 Å². The summed E-state index contributed by atoms with van der Waals surface area (Å²) < 4.78 is 1.13. The van der Waals surface area contributed by atoms with Crippen molar-refractivity contribution in [2.45, 2.75) is 70.2 Å². The van der Waals surface area contributed by atoms with Crippen LogP contribution in [0.1, 0.15) is 49.0 Å². The lowest BCUT2D eigenvalue weighted by molar-refractivity contribution is -0.128. The molecule has 1 aliphatic rings. The van der Waals surface area contributed by atoms with Gasteiger partial charge in [0, 0.05) is 37.7 Å². The summed E-state index contributed by atoms with van der Waals surface area (Å²) in [5, 5.41) is 31.1. The fraction of sp³-hybridized carbons (Fsp3) is 0.625. The van der Waals surface area contributed by atoms with Crippen molar-refractivity contribution in [2.24, 2.45) is 11.8 Å². The number of nitrogens with zero attached hydrogens (tertiary/aromatic N) is 1. The van der Waals surface area contributed by atoms with E-state index in [1.807, 2.05) is 12.2 Å². The summed E-state index contributed by atoms with van der Waals surface area (Å²) in [4.78, 5) is 14.4. The molecule has 0 radical (unpaired) electrons. The van der Waals surface area contributed by atoms with Crippen LogP contribution in [-0.4, -0.2) is 58.5 Å². The van der Waals surface area contributed by atoms with Crippen LogP contribution in [-0.2, 0) is 11.2 Å². The molecule has 0 spiro atoms. The van der Waals surface area contributed by atoms with E-state index in [1.54, 1.807) is 36.4 Å². The summed E-state index contributed by atoms with van der Waals surface area (Å²) in [6.45, 7) is 2.06. The first-order valence-corrected chi connectivity index (χ1v) is 12.6. The molecule has 1 aliphatic carbocycles. The van der Waals surface area contributed by atoms with Crippen LogP contribution in [0.5, 0.6) is 0 Å². The summed E-state index contributed by atoms with van der Waals surface area (Å²) in [7, 11) is 3.52. The topological polar surface area (TPSA) is 81.0 Å². The third kappa shape index (κ3) is 8.46. The first-order valence-electron chi connectivity index (χ1n) is 11.0. The predicted molar refractivity (Wildman–Crippen MR) is 130 cm³/mol. The molecule has 1 aromatic rings. The van der Waals surface area contributed by atoms with Gasteiger partial charge in [0.1, 0.15) is 0 Å². The lowest BCUT2D eigenvalue weighted by Gasteiger charge is -2.19. The maximum Gasteiger partial charge on any atom is 0.222 e. The Morgan fingerprint density at radius 2 is 2.06 bits per heavy atom. The second-order valence-electron chi connectivity index (χ2n) is 8.66. The Hall–Kier alpha value is -0.990. The number of unbranched alkanes of at least 4 members (excludes halogenated alkanes) is 1. The maximum absolute atomic E-state index is 11.6. The molecule has 5 nitrogen and oxygen atoms in total. The fourth-order valence-electron chi connectivity index (χ4n) is 3.96. The third-order valence-corrected chi connectivity index (χ3v) is 8.10. The smallest absolute Gasteiger partial charge is 0.222 e. The van der Waals surface area contributed by atoms with Gasteiger partial charge >= 0.3 is 0 Å². The minimum Gasteiger partial charge on any atom is -0.393 e. The van der Waals surface area contributed by atoms with Crippen molar-refractivity contribution in [1.82, 2.24) is 4.90 Å². The number of thiophene rings is 1. The van der Waals surface area contributed by atoms with Crippen LogP contribution in [0.25, 0.3) is 0 Å². The van der Waals surface area contributed by atoms with E-state index in [9.17, 15) is 20.1 Å². The van der Waals surface area contributed by atoms with Crippen LogP contribution in [0.2, 0.25) is 0 Å². The Kier molecular flexibility index (Phi) is 10.9. The lowest BCUT2D eigenvalue weighted by atomic mass is 9.89. The molecule has 0 bridgehead atoms. The average Bonchev–Trinajstić information content (AvgIpc) is 3.17. The van der Waals surface area contributed by atoms with Crippen molar-refractivity contribution in [3.63, 3.8) is 0 Å². The van der Waals surface area contributed by atoms with E-state index in [0.29, 0.717) is 25.7 Å². The molecule has 5 atom stereocenters. The summed E-state index contributed by atoms with van der Waals surface area (Å²) in [5.41, 5.74) is 1.22. The molecular weight excluding hydrogens is 478 g/mol. The molecule has 0 unspecified atom stereocenters. The van der Waals surface area contributed by atoms with Crippen molar-refractivity contribution in [1.29, 1.82) is 0 Å². The second-order valence-corrected chi connectivity index (χ2v) is 11.1. The van der Waals surface area contributed by atoms with Gasteiger partial charge in [-0.25, -0.2) is 0 Å². The number of hydrogen-bond donors (Lipinski definition) is 3. The summed E-state index contributed by atoms with van der Waals surface area (Å²) >= 11 is 5.23. The van der Waals surface area contributed by atoms with Gasteiger partial charge in [-0.1, -0.05) is 24.3 Å². The summed E-state index contributed by atoms with van der Waals surface area (Å²) in [6.07, 6.45) is 10.7. The molecule has 174 valence electrons. The van der Waals surface area contributed by atoms with Crippen molar-refractivity contribution in [3.8, 4) is 0 Å². The Morgan fingerprint density at radius 1 is 1.32 bits per heavy atom. The van der Waals surface area contributed by atoms with E-state index in [-0.39, 0.29) is 17.7 Å². The number of amides is 1. The van der Waals surface area contributed by atoms with Crippen molar-refractivity contribution in [3.05, 3.63) is 44.6 Å². The number of hydrogen-bond acceptors (Lipinski definition) is 5. The lowest BCUT2D eigenvalue weighted by Crippen LogP contribution is -2.21. The molecule has 1 aromatic heterocycles. The number of halogens is 1. The van der Waals surface area contributed by atoms with Gasteiger partial charge in [0.2, 0.25) is 5.91 Å². The van der Waals surface area contributed by atoms with Crippen molar-refractivity contribution >= 4 is 33.2 Å². The standard InChI is InChI=1S/C24H36BrNO4S/c1-16-14-18(31-24(16)25)12-10-17(27)11-13-20-19(21(28)15-22(20)29)8-6-4-5-7-9-23(30)26(2)3/h4,6,11,13-14,17,19-22,27-29H,5,7-10,12,15H2,1-3H3/b6-4-,13-11+/t17-,19+,20+,21-,22+/m0/s1. The van der Waals surface area contributed by atoms with E-state index in [1.165, 1.54) is 10.4 Å². The molecule has 1 heterocycles. The van der Waals surface area contributed by atoms with Crippen molar-refractivity contribution in [2.75, 3.05) is 14.1 Å². The van der Waals surface area contributed by atoms with Crippen LogP contribution >= 0.6 is 27.3 Å². The van der Waals surface area contributed by atoms with E-state index in [4.69, 9.17) is 0 Å². The SMILES string of the molecule is Cc1cc(CC[C@H](O)/C=C/[C@@H]2[C@@H](C/C=C\CCCC(=O)N(C)C)[C@@H](O)C[C@H]2O)sc1Br. The molecule has 0 saturated heterocycles. The van der Waals surface area contributed by atoms with Gasteiger partial charge in [0.15, 0.2) is 0 Å². The molecule has 0 aromatic carbocycles. The Bertz CT molecular complexity index is 741. The summed E-state index contributed by atoms with van der Waals surface area (Å²) in [6, 6.07) is 2.14. The molecule has 3 N–H and O–H groups in total. The molecule has 2 rings (SSSR count). The highest BCUT2D eigenvalue weighted by molar-refractivity contribution is 9.11. The van der Waals surface area contributed by atoms with Gasteiger partial charge in [0.25, 0.3) is 0 Å². The van der Waals surface area contributed by atoms with Gasteiger partial charge < -0.3 is 20.2 Å². The average molecular weight is 515 g/mol. The molecular formula is C24H36BrNO4S. The highest BCUT2D eigenvalue weighted by Crippen LogP contribution is 2.36. The van der Waals surface area contributed by atoms with Crippen molar-refractivity contribution < 1.29 is 20.1 Å². The second kappa shape index (κ2) is 12.9. The summed E-state index contributed by atoms with van der Waals surface area (Å²) in [5.74, 6) is -0.0925. The molecule has 0 aliphatic heterocycles. The molecule has 31 heavy (non-hydrogen) atoms. The van der Waals surface area contributed by atoms with Crippen LogP contribution < -0.4 is 0 Å². The number of carbonyl (C=O) groups excluding carboxylic acids is 1. The third-order valence-electron chi connectivity index (χ3n) is 5.90. The first kappa shape index (κ1) is 26.3. The number of aryl methyl sites for hydroxylation is 2.